The zero-order valence-corrected chi connectivity index (χ0v) is 7.35. The van der Waals surface area contributed by atoms with Crippen molar-refractivity contribution in [3.8, 4) is 11.5 Å². The molecule has 0 amide bonds. The third kappa shape index (κ3) is 1.37. The Morgan fingerprint density at radius 1 is 1.43 bits per heavy atom. The van der Waals surface area contributed by atoms with Crippen LogP contribution in [0, 0.1) is 0 Å². The van der Waals surface area contributed by atoms with Crippen LogP contribution in [0.1, 0.15) is 0 Å². The van der Waals surface area contributed by atoms with Gasteiger partial charge in [-0.25, -0.2) is 9.89 Å². The SMILES string of the molecule is Cn1cc(-c2n[nH]c(=O)o2)ccc1=O. The van der Waals surface area contributed by atoms with Crippen molar-refractivity contribution in [2.75, 3.05) is 0 Å². The lowest BCUT2D eigenvalue weighted by Gasteiger charge is -1.97. The summed E-state index contributed by atoms with van der Waals surface area (Å²) < 4.78 is 6.11. The van der Waals surface area contributed by atoms with E-state index in [0.29, 0.717) is 5.56 Å². The minimum atomic E-state index is -0.617. The maximum atomic E-state index is 11.1. The first kappa shape index (κ1) is 8.49. The Kier molecular flexibility index (Phi) is 1.81. The molecule has 0 aliphatic heterocycles. The van der Waals surface area contributed by atoms with Gasteiger partial charge in [-0.2, -0.15) is 0 Å². The molecule has 0 unspecified atom stereocenters. The molecule has 2 aromatic heterocycles. The van der Waals surface area contributed by atoms with E-state index in [2.05, 4.69) is 10.2 Å². The number of hydrogen-bond donors (Lipinski definition) is 1. The summed E-state index contributed by atoms with van der Waals surface area (Å²) in [6.45, 7) is 0. The minimum absolute atomic E-state index is 0.133. The van der Waals surface area contributed by atoms with Crippen LogP contribution in [0.5, 0.6) is 0 Å². The highest BCUT2D eigenvalue weighted by atomic mass is 16.4. The molecule has 14 heavy (non-hydrogen) atoms. The molecule has 6 heteroatoms. The Balaban J connectivity index is 2.58. The van der Waals surface area contributed by atoms with Gasteiger partial charge in [0.1, 0.15) is 0 Å². The van der Waals surface area contributed by atoms with Crippen LogP contribution in [0.15, 0.2) is 32.3 Å². The molecular formula is C8H7N3O3. The quantitative estimate of drug-likeness (QED) is 0.675. The lowest BCUT2D eigenvalue weighted by molar-refractivity contribution is 0.526. The predicted octanol–water partition coefficient (Wildman–Crippen LogP) is -0.271. The number of H-pyrrole nitrogens is 1. The summed E-state index contributed by atoms with van der Waals surface area (Å²) in [6.07, 6.45) is 1.54. The van der Waals surface area contributed by atoms with Crippen LogP contribution in [0.4, 0.5) is 0 Å². The van der Waals surface area contributed by atoms with Gasteiger partial charge in [-0.15, -0.1) is 5.10 Å². The van der Waals surface area contributed by atoms with Gasteiger partial charge in [0.15, 0.2) is 0 Å². The Bertz CT molecular complexity index is 563. The molecule has 2 rings (SSSR count). The molecule has 0 aliphatic rings. The van der Waals surface area contributed by atoms with Crippen LogP contribution in [-0.2, 0) is 7.05 Å². The van der Waals surface area contributed by atoms with Gasteiger partial charge < -0.3 is 8.98 Å². The number of rotatable bonds is 1. The predicted molar refractivity (Wildman–Crippen MR) is 47.8 cm³/mol. The van der Waals surface area contributed by atoms with E-state index in [0.717, 1.165) is 0 Å². The molecule has 2 heterocycles. The zero-order valence-electron chi connectivity index (χ0n) is 7.35. The second-order valence-electron chi connectivity index (χ2n) is 2.79. The Morgan fingerprint density at radius 2 is 2.21 bits per heavy atom. The van der Waals surface area contributed by atoms with Gasteiger partial charge in [0, 0.05) is 19.3 Å². The monoisotopic (exact) mass is 193 g/mol. The molecule has 2 aromatic rings. The number of aromatic amines is 1. The summed E-state index contributed by atoms with van der Waals surface area (Å²) in [4.78, 5) is 21.7. The first-order chi connectivity index (χ1) is 6.66. The fraction of sp³-hybridized carbons (Fsp3) is 0.125. The zero-order chi connectivity index (χ0) is 10.1. The standard InChI is InChI=1S/C8H7N3O3/c1-11-4-5(2-3-6(11)12)7-9-10-8(13)14-7/h2-4H,1H3,(H,10,13). The van der Waals surface area contributed by atoms with Crippen molar-refractivity contribution in [2.45, 2.75) is 0 Å². The van der Waals surface area contributed by atoms with Crippen LogP contribution >= 0.6 is 0 Å². The normalized spacial score (nSPS) is 10.4. The molecule has 6 nitrogen and oxygen atoms in total. The average Bonchev–Trinajstić information content (AvgIpc) is 2.57. The Morgan fingerprint density at radius 3 is 2.79 bits per heavy atom. The fourth-order valence-electron chi connectivity index (χ4n) is 1.07. The summed E-state index contributed by atoms with van der Waals surface area (Å²) in [5, 5.41) is 5.78. The van der Waals surface area contributed by atoms with Gasteiger partial charge in [-0.05, 0) is 6.07 Å². The van der Waals surface area contributed by atoms with Crippen LogP contribution in [0.25, 0.3) is 11.5 Å². The molecule has 72 valence electrons. The number of hydrogen-bond acceptors (Lipinski definition) is 4. The van der Waals surface area contributed by atoms with Crippen molar-refractivity contribution in [1.29, 1.82) is 0 Å². The van der Waals surface area contributed by atoms with Crippen molar-refractivity contribution >= 4 is 0 Å². The van der Waals surface area contributed by atoms with Crippen LogP contribution in [0.2, 0.25) is 0 Å². The molecule has 0 bridgehead atoms. The maximum Gasteiger partial charge on any atom is 0.434 e. The highest BCUT2D eigenvalue weighted by Crippen LogP contribution is 2.11. The highest BCUT2D eigenvalue weighted by Gasteiger charge is 2.05. The molecule has 0 saturated heterocycles. The third-order valence-electron chi connectivity index (χ3n) is 1.77. The second kappa shape index (κ2) is 2.99. The van der Waals surface area contributed by atoms with Gasteiger partial charge in [-0.3, -0.25) is 4.79 Å². The molecular weight excluding hydrogens is 186 g/mol. The number of pyridine rings is 1. The van der Waals surface area contributed by atoms with Gasteiger partial charge in [0.05, 0.1) is 5.56 Å². The minimum Gasteiger partial charge on any atom is -0.388 e. The highest BCUT2D eigenvalue weighted by molar-refractivity contribution is 5.49. The third-order valence-corrected chi connectivity index (χ3v) is 1.77. The van der Waals surface area contributed by atoms with Gasteiger partial charge >= 0.3 is 5.76 Å². The number of aryl methyl sites for hydroxylation is 1. The summed E-state index contributed by atoms with van der Waals surface area (Å²) >= 11 is 0. The number of aromatic nitrogens is 3. The van der Waals surface area contributed by atoms with E-state index in [9.17, 15) is 9.59 Å². The molecule has 0 aliphatic carbocycles. The van der Waals surface area contributed by atoms with E-state index in [-0.39, 0.29) is 11.4 Å². The molecule has 0 saturated carbocycles. The van der Waals surface area contributed by atoms with Crippen molar-refractivity contribution in [3.05, 3.63) is 39.2 Å². The average molecular weight is 193 g/mol. The van der Waals surface area contributed by atoms with Crippen molar-refractivity contribution in [1.82, 2.24) is 14.8 Å². The maximum absolute atomic E-state index is 11.1. The van der Waals surface area contributed by atoms with Gasteiger partial charge in [-0.1, -0.05) is 0 Å². The number of nitrogens with zero attached hydrogens (tertiary/aromatic N) is 2. The summed E-state index contributed by atoms with van der Waals surface area (Å²) in [7, 11) is 1.61. The van der Waals surface area contributed by atoms with E-state index in [1.54, 1.807) is 19.3 Å². The molecule has 1 N–H and O–H groups in total. The van der Waals surface area contributed by atoms with E-state index < -0.39 is 5.76 Å². The molecule has 0 aromatic carbocycles. The van der Waals surface area contributed by atoms with Crippen LogP contribution in [0.3, 0.4) is 0 Å². The Hall–Kier alpha value is -2.11. The van der Waals surface area contributed by atoms with Crippen LogP contribution < -0.4 is 11.3 Å². The van der Waals surface area contributed by atoms with E-state index in [1.807, 2.05) is 0 Å². The smallest absolute Gasteiger partial charge is 0.388 e. The molecule has 0 atom stereocenters. The number of nitrogens with one attached hydrogen (secondary N) is 1. The topological polar surface area (TPSA) is 80.9 Å². The first-order valence-electron chi connectivity index (χ1n) is 3.89. The van der Waals surface area contributed by atoms with Crippen molar-refractivity contribution in [2.24, 2.45) is 7.05 Å². The molecule has 0 radical (unpaired) electrons. The molecule has 0 spiro atoms. The fourth-order valence-corrected chi connectivity index (χ4v) is 1.07. The summed E-state index contributed by atoms with van der Waals surface area (Å²) in [6, 6.07) is 2.92. The summed E-state index contributed by atoms with van der Waals surface area (Å²) in [5.41, 5.74) is 0.442. The lowest BCUT2D eigenvalue weighted by atomic mass is 10.3. The van der Waals surface area contributed by atoms with Gasteiger partial charge in [0.2, 0.25) is 5.56 Å². The van der Waals surface area contributed by atoms with E-state index >= 15 is 0 Å². The van der Waals surface area contributed by atoms with Crippen molar-refractivity contribution < 1.29 is 4.42 Å². The molecule has 0 fully saturated rings. The van der Waals surface area contributed by atoms with E-state index in [4.69, 9.17) is 4.42 Å². The largest absolute Gasteiger partial charge is 0.434 e. The Labute approximate surface area is 77.8 Å². The lowest BCUT2D eigenvalue weighted by Crippen LogP contribution is -2.13. The van der Waals surface area contributed by atoms with E-state index in [1.165, 1.54) is 10.6 Å². The second-order valence-corrected chi connectivity index (χ2v) is 2.79. The summed E-state index contributed by atoms with van der Waals surface area (Å²) in [5.74, 6) is -0.445. The first-order valence-corrected chi connectivity index (χ1v) is 3.89. The van der Waals surface area contributed by atoms with Crippen molar-refractivity contribution in [3.63, 3.8) is 0 Å². The van der Waals surface area contributed by atoms with Crippen LogP contribution in [-0.4, -0.2) is 14.8 Å². The van der Waals surface area contributed by atoms with Gasteiger partial charge in [0.25, 0.3) is 5.89 Å².